The lowest BCUT2D eigenvalue weighted by Gasteiger charge is -2.04. The summed E-state index contributed by atoms with van der Waals surface area (Å²) >= 11 is 0. The molecule has 0 spiro atoms. The Bertz CT molecular complexity index is 831. The van der Waals surface area contributed by atoms with Crippen LogP contribution >= 0.6 is 0 Å². The summed E-state index contributed by atoms with van der Waals surface area (Å²) in [5.74, 6) is -1.64. The van der Waals surface area contributed by atoms with Crippen molar-refractivity contribution >= 4 is 5.97 Å². The highest BCUT2D eigenvalue weighted by Gasteiger charge is 2.19. The molecule has 6 heteroatoms. The Morgan fingerprint density at radius 1 is 1.13 bits per heavy atom. The van der Waals surface area contributed by atoms with Crippen molar-refractivity contribution in [2.24, 2.45) is 0 Å². The first kappa shape index (κ1) is 14.8. The van der Waals surface area contributed by atoms with Gasteiger partial charge in [-0.3, -0.25) is 0 Å². The number of benzene rings is 2. The fourth-order valence-electron chi connectivity index (χ4n) is 2.11. The van der Waals surface area contributed by atoms with Crippen LogP contribution in [0.15, 0.2) is 60.8 Å². The number of aromatic carboxylic acids is 1. The second-order valence-electron chi connectivity index (χ2n) is 4.82. The van der Waals surface area contributed by atoms with Gasteiger partial charge in [-0.25, -0.2) is 13.9 Å². The molecule has 0 amide bonds. The monoisotopic (exact) mass is 312 g/mol. The van der Waals surface area contributed by atoms with Gasteiger partial charge in [-0.05, 0) is 17.7 Å². The molecule has 0 saturated carbocycles. The van der Waals surface area contributed by atoms with Crippen LogP contribution in [0.4, 0.5) is 4.39 Å². The average Bonchev–Trinajstić information content (AvgIpc) is 2.99. The first-order valence-electron chi connectivity index (χ1n) is 6.90. The van der Waals surface area contributed by atoms with E-state index in [2.05, 4.69) is 5.10 Å². The van der Waals surface area contributed by atoms with Gasteiger partial charge in [-0.2, -0.15) is 5.10 Å². The van der Waals surface area contributed by atoms with Gasteiger partial charge in [0.1, 0.15) is 18.1 Å². The van der Waals surface area contributed by atoms with Crippen molar-refractivity contribution in [1.29, 1.82) is 0 Å². The van der Waals surface area contributed by atoms with Crippen LogP contribution in [-0.4, -0.2) is 20.9 Å². The first-order chi connectivity index (χ1) is 11.1. The molecule has 1 aromatic heterocycles. The number of hydrogen-bond donors (Lipinski definition) is 1. The van der Waals surface area contributed by atoms with Gasteiger partial charge in [0.2, 0.25) is 5.69 Å². The lowest BCUT2D eigenvalue weighted by Crippen LogP contribution is -2.04. The number of nitrogens with zero attached hydrogens (tertiary/aromatic N) is 2. The van der Waals surface area contributed by atoms with E-state index in [0.29, 0.717) is 0 Å². The Hall–Kier alpha value is -3.15. The molecule has 0 aliphatic rings. The fourth-order valence-corrected chi connectivity index (χ4v) is 2.11. The minimum Gasteiger partial charge on any atom is -0.485 e. The SMILES string of the molecule is O=C(O)c1nn(-c2ccccc2F)cc1OCc1ccccc1. The number of carbonyl (C=O) groups is 1. The zero-order chi connectivity index (χ0) is 16.2. The van der Waals surface area contributed by atoms with Gasteiger partial charge in [0.25, 0.3) is 0 Å². The second kappa shape index (κ2) is 6.31. The van der Waals surface area contributed by atoms with Crippen molar-refractivity contribution in [1.82, 2.24) is 9.78 Å². The van der Waals surface area contributed by atoms with Gasteiger partial charge in [-0.1, -0.05) is 42.5 Å². The molecule has 0 saturated heterocycles. The molecule has 3 aromatic rings. The molecule has 3 rings (SSSR count). The largest absolute Gasteiger partial charge is 0.485 e. The molecule has 0 atom stereocenters. The van der Waals surface area contributed by atoms with E-state index in [4.69, 9.17) is 4.74 Å². The minimum absolute atomic E-state index is 0.0876. The number of carboxylic acids is 1. The molecule has 0 fully saturated rings. The summed E-state index contributed by atoms with van der Waals surface area (Å²) in [5.41, 5.74) is 0.788. The van der Waals surface area contributed by atoms with E-state index in [9.17, 15) is 14.3 Å². The topological polar surface area (TPSA) is 64.3 Å². The zero-order valence-electron chi connectivity index (χ0n) is 12.0. The van der Waals surface area contributed by atoms with Crippen molar-refractivity contribution in [3.63, 3.8) is 0 Å². The summed E-state index contributed by atoms with van der Waals surface area (Å²) in [5, 5.41) is 13.1. The number of hydrogen-bond acceptors (Lipinski definition) is 3. The lowest BCUT2D eigenvalue weighted by molar-refractivity contribution is 0.0685. The van der Waals surface area contributed by atoms with Crippen LogP contribution in [0.1, 0.15) is 16.1 Å². The zero-order valence-corrected chi connectivity index (χ0v) is 12.0. The van der Waals surface area contributed by atoms with E-state index in [1.165, 1.54) is 23.0 Å². The van der Waals surface area contributed by atoms with E-state index >= 15 is 0 Å². The summed E-state index contributed by atoms with van der Waals surface area (Å²) in [6.45, 7) is 0.198. The molecular weight excluding hydrogens is 299 g/mol. The second-order valence-corrected chi connectivity index (χ2v) is 4.82. The third-order valence-corrected chi connectivity index (χ3v) is 3.22. The highest BCUT2D eigenvalue weighted by atomic mass is 19.1. The molecule has 23 heavy (non-hydrogen) atoms. The van der Waals surface area contributed by atoms with Gasteiger partial charge < -0.3 is 9.84 Å². The lowest BCUT2D eigenvalue weighted by atomic mass is 10.2. The Morgan fingerprint density at radius 2 is 1.83 bits per heavy atom. The first-order valence-corrected chi connectivity index (χ1v) is 6.90. The highest BCUT2D eigenvalue weighted by Crippen LogP contribution is 2.22. The number of halogens is 1. The van der Waals surface area contributed by atoms with E-state index in [1.807, 2.05) is 30.3 Å². The van der Waals surface area contributed by atoms with Crippen molar-refractivity contribution < 1.29 is 19.0 Å². The van der Waals surface area contributed by atoms with Crippen LogP contribution in [0.2, 0.25) is 0 Å². The smallest absolute Gasteiger partial charge is 0.360 e. The van der Waals surface area contributed by atoms with Crippen molar-refractivity contribution in [3.05, 3.63) is 77.9 Å². The summed E-state index contributed by atoms with van der Waals surface area (Å²) in [4.78, 5) is 11.3. The van der Waals surface area contributed by atoms with E-state index < -0.39 is 11.8 Å². The highest BCUT2D eigenvalue weighted by molar-refractivity contribution is 5.88. The predicted octanol–water partition coefficient (Wildman–Crippen LogP) is 3.29. The van der Waals surface area contributed by atoms with Crippen LogP contribution in [0.5, 0.6) is 5.75 Å². The molecule has 0 bridgehead atoms. The third kappa shape index (κ3) is 3.21. The predicted molar refractivity (Wildman–Crippen MR) is 81.3 cm³/mol. The van der Waals surface area contributed by atoms with Crippen molar-refractivity contribution in [3.8, 4) is 11.4 Å². The van der Waals surface area contributed by atoms with Crippen LogP contribution in [0.3, 0.4) is 0 Å². The molecule has 2 aromatic carbocycles. The molecule has 0 aliphatic carbocycles. The quantitative estimate of drug-likeness (QED) is 0.785. The normalized spacial score (nSPS) is 10.5. The van der Waals surface area contributed by atoms with Gasteiger partial charge >= 0.3 is 5.97 Å². The number of rotatable bonds is 5. The summed E-state index contributed by atoms with van der Waals surface area (Å²) < 4.78 is 20.5. The van der Waals surface area contributed by atoms with Crippen molar-refractivity contribution in [2.75, 3.05) is 0 Å². The van der Waals surface area contributed by atoms with Crippen molar-refractivity contribution in [2.45, 2.75) is 6.61 Å². The maximum atomic E-state index is 13.8. The molecule has 0 radical (unpaired) electrons. The Labute approximate surface area is 131 Å². The minimum atomic E-state index is -1.23. The summed E-state index contributed by atoms with van der Waals surface area (Å²) in [6.07, 6.45) is 1.37. The number of ether oxygens (including phenoxy) is 1. The van der Waals surface area contributed by atoms with Crippen LogP contribution < -0.4 is 4.74 Å². The number of carboxylic acid groups (broad SMARTS) is 1. The summed E-state index contributed by atoms with van der Waals surface area (Å²) in [6, 6.07) is 15.3. The Morgan fingerprint density at radius 3 is 2.52 bits per heavy atom. The molecule has 0 unspecified atom stereocenters. The molecule has 1 N–H and O–H groups in total. The van der Waals surface area contributed by atoms with E-state index in [-0.39, 0.29) is 23.7 Å². The van der Waals surface area contributed by atoms with E-state index in [0.717, 1.165) is 5.56 Å². The summed E-state index contributed by atoms with van der Waals surface area (Å²) in [7, 11) is 0. The Kier molecular flexibility index (Phi) is 4.05. The van der Waals surface area contributed by atoms with Gasteiger partial charge in [0, 0.05) is 0 Å². The van der Waals surface area contributed by atoms with Crippen LogP contribution in [0, 0.1) is 5.82 Å². The molecule has 0 aliphatic heterocycles. The molecular formula is C17H13FN2O3. The molecule has 5 nitrogen and oxygen atoms in total. The van der Waals surface area contributed by atoms with Gasteiger partial charge in [0.15, 0.2) is 5.75 Å². The van der Waals surface area contributed by atoms with Gasteiger partial charge in [-0.15, -0.1) is 0 Å². The Balaban J connectivity index is 1.90. The number of aromatic nitrogens is 2. The molecule has 1 heterocycles. The number of para-hydroxylation sites is 1. The maximum absolute atomic E-state index is 13.8. The van der Waals surface area contributed by atoms with E-state index in [1.54, 1.807) is 12.1 Å². The molecule has 116 valence electrons. The van der Waals surface area contributed by atoms with Crippen LogP contribution in [-0.2, 0) is 6.61 Å². The standard InChI is InChI=1S/C17H13FN2O3/c18-13-8-4-5-9-14(13)20-10-15(16(19-20)17(21)22)23-11-12-6-2-1-3-7-12/h1-10H,11H2,(H,21,22). The maximum Gasteiger partial charge on any atom is 0.360 e. The van der Waals surface area contributed by atoms with Crippen LogP contribution in [0.25, 0.3) is 5.69 Å². The van der Waals surface area contributed by atoms with Gasteiger partial charge in [0.05, 0.1) is 6.20 Å². The third-order valence-electron chi connectivity index (χ3n) is 3.22. The average molecular weight is 312 g/mol. The fraction of sp³-hybridized carbons (Fsp3) is 0.0588.